The molecule has 1 fully saturated rings. The number of halogens is 2. The minimum Gasteiger partial charge on any atom is -0.444 e. The lowest BCUT2D eigenvalue weighted by Crippen LogP contribution is -2.59. The molecule has 2 aromatic rings. The second kappa shape index (κ2) is 22.4. The zero-order valence-corrected chi connectivity index (χ0v) is 33.7. The molecule has 1 saturated heterocycles. The van der Waals surface area contributed by atoms with Crippen molar-refractivity contribution in [3.05, 3.63) is 69.7 Å². The zero-order chi connectivity index (χ0) is 39.6. The van der Waals surface area contributed by atoms with Crippen molar-refractivity contribution in [1.82, 2.24) is 31.5 Å². The van der Waals surface area contributed by atoms with Gasteiger partial charge in [-0.25, -0.2) is 9.59 Å². The minimum absolute atomic E-state index is 0.0397. The maximum Gasteiger partial charge on any atom is 0.407 e. The summed E-state index contributed by atoms with van der Waals surface area (Å²) >= 11 is 12.4. The maximum atomic E-state index is 14.2. The predicted octanol–water partition coefficient (Wildman–Crippen LogP) is 6.17. The zero-order valence-electron chi connectivity index (χ0n) is 32.2. The first kappa shape index (κ1) is 44.4. The molecule has 3 rings (SSSR count). The van der Waals surface area contributed by atoms with E-state index in [4.69, 9.17) is 27.9 Å². The number of likely N-dealkylation sites (tertiary alicyclic amines) is 1. The van der Waals surface area contributed by atoms with E-state index in [0.29, 0.717) is 87.7 Å². The van der Waals surface area contributed by atoms with E-state index in [1.807, 2.05) is 58.0 Å². The van der Waals surface area contributed by atoms with E-state index in [-0.39, 0.29) is 30.7 Å². The second-order valence-electron chi connectivity index (χ2n) is 14.9. The fourth-order valence-corrected chi connectivity index (χ4v) is 6.78. The van der Waals surface area contributed by atoms with Gasteiger partial charge in [0.05, 0.1) is 15.5 Å². The molecule has 0 bridgehead atoms. The van der Waals surface area contributed by atoms with E-state index >= 15 is 0 Å². The normalized spacial score (nSPS) is 16.1. The number of alkyl carbamates (subject to hydrolysis) is 1. The molecule has 0 radical (unpaired) electrons. The fraction of sp³-hybridized carbons (Fsp3) is 0.575. The molecule has 0 unspecified atom stereocenters. The van der Waals surface area contributed by atoms with Crippen molar-refractivity contribution in [3.8, 4) is 0 Å². The summed E-state index contributed by atoms with van der Waals surface area (Å²) < 4.78 is 5.20. The molecule has 2 aromatic carbocycles. The lowest BCUT2D eigenvalue weighted by atomic mass is 9.74. The number of carbonyl (C=O) groups is 5. The predicted molar refractivity (Wildman–Crippen MR) is 213 cm³/mol. The van der Waals surface area contributed by atoms with Crippen molar-refractivity contribution in [2.24, 2.45) is 5.41 Å². The average Bonchev–Trinajstić information content (AvgIpc) is 3.12. The van der Waals surface area contributed by atoms with Gasteiger partial charge in [0, 0.05) is 52.1 Å². The van der Waals surface area contributed by atoms with E-state index in [1.165, 1.54) is 0 Å². The Kier molecular flexibility index (Phi) is 18.4. The lowest BCUT2D eigenvalue weighted by molar-refractivity contribution is -0.142. The lowest BCUT2D eigenvalue weighted by Gasteiger charge is -2.43. The van der Waals surface area contributed by atoms with E-state index in [1.54, 1.807) is 23.1 Å². The summed E-state index contributed by atoms with van der Waals surface area (Å²) in [4.78, 5) is 66.6. The summed E-state index contributed by atoms with van der Waals surface area (Å²) in [6.45, 7) is 9.81. The van der Waals surface area contributed by atoms with Crippen LogP contribution in [0.15, 0.2) is 48.5 Å². The van der Waals surface area contributed by atoms with E-state index in [9.17, 15) is 24.0 Å². The van der Waals surface area contributed by atoms with Crippen LogP contribution in [0.1, 0.15) is 90.2 Å². The smallest absolute Gasteiger partial charge is 0.407 e. The van der Waals surface area contributed by atoms with Gasteiger partial charge < -0.3 is 36.2 Å². The summed E-state index contributed by atoms with van der Waals surface area (Å²) in [6.07, 6.45) is 5.46. The quantitative estimate of drug-likeness (QED) is 0.107. The van der Waals surface area contributed by atoms with Crippen LogP contribution in [0.3, 0.4) is 0 Å². The maximum absolute atomic E-state index is 14.2. The first-order valence-electron chi connectivity index (χ1n) is 19.0. The number of hydrogen-bond donors (Lipinski definition) is 5. The average molecular weight is 790 g/mol. The van der Waals surface area contributed by atoms with Gasteiger partial charge >= 0.3 is 12.1 Å². The van der Waals surface area contributed by atoms with E-state index < -0.39 is 29.2 Å². The number of ether oxygens (including phenoxy) is 1. The molecule has 2 atom stereocenters. The van der Waals surface area contributed by atoms with Gasteiger partial charge in [-0.3, -0.25) is 14.4 Å². The van der Waals surface area contributed by atoms with Crippen LogP contribution in [-0.2, 0) is 32.0 Å². The largest absolute Gasteiger partial charge is 0.444 e. The van der Waals surface area contributed by atoms with E-state index in [0.717, 1.165) is 24.0 Å². The number of rotatable bonds is 19. The van der Waals surface area contributed by atoms with Crippen molar-refractivity contribution in [1.29, 1.82) is 0 Å². The third kappa shape index (κ3) is 15.8. The molecule has 1 aliphatic rings. The molecule has 6 amide bonds. The monoisotopic (exact) mass is 788 g/mol. The molecule has 0 spiro atoms. The summed E-state index contributed by atoms with van der Waals surface area (Å²) in [5.41, 5.74) is 0.401. The molecular weight excluding hydrogens is 731 g/mol. The van der Waals surface area contributed by atoms with Crippen LogP contribution in [0, 0.1) is 5.41 Å². The van der Waals surface area contributed by atoms with Crippen molar-refractivity contribution in [2.45, 2.75) is 104 Å². The summed E-state index contributed by atoms with van der Waals surface area (Å²) in [6, 6.07) is 13.5. The highest BCUT2D eigenvalue weighted by atomic mass is 35.5. The summed E-state index contributed by atoms with van der Waals surface area (Å²) in [5, 5.41) is 15.1. The van der Waals surface area contributed by atoms with Crippen molar-refractivity contribution < 1.29 is 28.7 Å². The third-order valence-electron chi connectivity index (χ3n) is 9.08. The Morgan fingerprint density at radius 3 is 2.20 bits per heavy atom. The minimum atomic E-state index is -0.920. The molecule has 298 valence electrons. The number of hydrogen-bond acceptors (Lipinski definition) is 6. The molecule has 5 N–H and O–H groups in total. The SMILES string of the molecule is CCNC(=O)[C@]1(Cc2ccccc2)CCCN(C(=O)[C@@H](Cc2ccc(Cl)c(Cl)c2)NC(=O)NCCCCNC(=O)CCCCCNC(=O)OC(C)(C)C)C1. The Hall–Kier alpha value is -4.03. The Morgan fingerprint density at radius 2 is 1.52 bits per heavy atom. The van der Waals surface area contributed by atoms with Crippen LogP contribution in [0.4, 0.5) is 9.59 Å². The number of nitrogens with one attached hydrogen (secondary N) is 5. The van der Waals surface area contributed by atoms with Gasteiger partial charge in [0.2, 0.25) is 17.7 Å². The molecule has 14 heteroatoms. The third-order valence-corrected chi connectivity index (χ3v) is 9.82. The number of benzene rings is 2. The van der Waals surface area contributed by atoms with Gasteiger partial charge in [-0.05, 0) is 95.9 Å². The molecule has 0 saturated carbocycles. The van der Waals surface area contributed by atoms with Gasteiger partial charge in [-0.1, -0.05) is 66.0 Å². The number of urea groups is 1. The Labute approximate surface area is 330 Å². The van der Waals surface area contributed by atoms with Gasteiger partial charge in [-0.15, -0.1) is 0 Å². The molecular formula is C40H58Cl2N6O6. The molecule has 1 aliphatic heterocycles. The highest BCUT2D eigenvalue weighted by molar-refractivity contribution is 6.42. The standard InChI is InChI=1S/C40H58Cl2N6O6/c1-5-43-36(51)40(27-29-15-8-6-9-16-29)20-14-24-48(28-40)35(50)33(26-30-18-19-31(41)32(42)25-30)47-37(52)45-22-13-12-21-44-34(49)17-10-7-11-23-46-38(53)54-39(2,3)4/h6,8-9,15-16,18-19,25,33H,5,7,10-14,17,20-24,26-28H2,1-4H3,(H,43,51)(H,44,49)(H,46,53)(H2,45,47,52)/t33-,40+/m1/s1. The number of carbonyl (C=O) groups excluding carboxylic acids is 5. The second-order valence-corrected chi connectivity index (χ2v) is 15.7. The molecule has 0 aliphatic carbocycles. The van der Waals surface area contributed by atoms with Crippen LogP contribution < -0.4 is 26.6 Å². The number of unbranched alkanes of at least 4 members (excludes halogenated alkanes) is 3. The van der Waals surface area contributed by atoms with Gasteiger partial charge in [0.1, 0.15) is 11.6 Å². The highest BCUT2D eigenvalue weighted by Crippen LogP contribution is 2.35. The number of piperidine rings is 1. The molecule has 0 aromatic heterocycles. The van der Waals surface area contributed by atoms with Crippen LogP contribution in [-0.4, -0.2) is 85.7 Å². The first-order chi connectivity index (χ1) is 25.7. The van der Waals surface area contributed by atoms with Gasteiger partial charge in [0.15, 0.2) is 0 Å². The summed E-state index contributed by atoms with van der Waals surface area (Å²) in [5.74, 6) is -0.402. The van der Waals surface area contributed by atoms with Crippen LogP contribution in [0.2, 0.25) is 10.0 Å². The van der Waals surface area contributed by atoms with Crippen molar-refractivity contribution in [2.75, 3.05) is 39.3 Å². The first-order valence-corrected chi connectivity index (χ1v) is 19.8. The van der Waals surface area contributed by atoms with Crippen molar-refractivity contribution >= 4 is 53.0 Å². The van der Waals surface area contributed by atoms with Crippen LogP contribution in [0.25, 0.3) is 0 Å². The molecule has 54 heavy (non-hydrogen) atoms. The highest BCUT2D eigenvalue weighted by Gasteiger charge is 2.44. The Bertz CT molecular complexity index is 1540. The summed E-state index contributed by atoms with van der Waals surface area (Å²) in [7, 11) is 0. The molecule has 1 heterocycles. The number of amides is 6. The Morgan fingerprint density at radius 1 is 0.833 bits per heavy atom. The fourth-order valence-electron chi connectivity index (χ4n) is 6.46. The van der Waals surface area contributed by atoms with Gasteiger partial charge in [-0.2, -0.15) is 0 Å². The van der Waals surface area contributed by atoms with Crippen LogP contribution >= 0.6 is 23.2 Å². The molecule has 12 nitrogen and oxygen atoms in total. The Balaban J connectivity index is 1.49. The number of nitrogens with zero attached hydrogens (tertiary/aromatic N) is 1. The van der Waals surface area contributed by atoms with Crippen molar-refractivity contribution in [3.63, 3.8) is 0 Å². The van der Waals surface area contributed by atoms with Crippen LogP contribution in [0.5, 0.6) is 0 Å². The van der Waals surface area contributed by atoms with Gasteiger partial charge in [0.25, 0.3) is 0 Å². The van der Waals surface area contributed by atoms with E-state index in [2.05, 4.69) is 26.6 Å². The topological polar surface area (TPSA) is 158 Å².